The predicted molar refractivity (Wildman–Crippen MR) is 59.3 cm³/mol. The molecule has 0 aliphatic carbocycles. The molecule has 2 rings (SSSR count). The van der Waals surface area contributed by atoms with Gasteiger partial charge >= 0.3 is 0 Å². The molecule has 3 heteroatoms. The lowest BCUT2D eigenvalue weighted by Crippen LogP contribution is -2.42. The van der Waals surface area contributed by atoms with Gasteiger partial charge in [0, 0.05) is 12.6 Å². The summed E-state index contributed by atoms with van der Waals surface area (Å²) in [5.41, 5.74) is 1.32. The van der Waals surface area contributed by atoms with E-state index in [1.807, 2.05) is 12.1 Å². The summed E-state index contributed by atoms with van der Waals surface area (Å²) >= 11 is 0. The SMILES string of the molecule is COc1ccc(CC2COCCN2)cc1. The second-order valence-corrected chi connectivity index (χ2v) is 3.78. The summed E-state index contributed by atoms with van der Waals surface area (Å²) in [5.74, 6) is 0.909. The van der Waals surface area contributed by atoms with Gasteiger partial charge in [-0.3, -0.25) is 0 Å². The molecule has 1 heterocycles. The Kier molecular flexibility index (Phi) is 3.59. The van der Waals surface area contributed by atoms with Crippen molar-refractivity contribution in [1.82, 2.24) is 5.32 Å². The number of morpholine rings is 1. The van der Waals surface area contributed by atoms with Crippen LogP contribution in [-0.2, 0) is 11.2 Å². The van der Waals surface area contributed by atoms with Crippen molar-refractivity contribution >= 4 is 0 Å². The smallest absolute Gasteiger partial charge is 0.118 e. The lowest BCUT2D eigenvalue weighted by Gasteiger charge is -2.23. The maximum absolute atomic E-state index is 5.41. The standard InChI is InChI=1S/C12H17NO2/c1-14-12-4-2-10(3-5-12)8-11-9-15-7-6-13-11/h2-5,11,13H,6-9H2,1H3. The van der Waals surface area contributed by atoms with E-state index in [0.29, 0.717) is 6.04 Å². The van der Waals surface area contributed by atoms with Crippen LogP contribution in [0.5, 0.6) is 5.75 Å². The zero-order valence-corrected chi connectivity index (χ0v) is 9.03. The highest BCUT2D eigenvalue weighted by Crippen LogP contribution is 2.13. The summed E-state index contributed by atoms with van der Waals surface area (Å²) in [6.07, 6.45) is 1.02. The molecule has 82 valence electrons. The van der Waals surface area contributed by atoms with Crippen molar-refractivity contribution in [2.24, 2.45) is 0 Å². The van der Waals surface area contributed by atoms with Crippen molar-refractivity contribution in [2.45, 2.75) is 12.5 Å². The lowest BCUT2D eigenvalue weighted by atomic mass is 10.1. The third-order valence-electron chi connectivity index (χ3n) is 2.64. The molecule has 1 atom stereocenters. The molecular formula is C12H17NO2. The molecule has 1 fully saturated rings. The number of benzene rings is 1. The zero-order valence-electron chi connectivity index (χ0n) is 9.03. The fraction of sp³-hybridized carbons (Fsp3) is 0.500. The molecular weight excluding hydrogens is 190 g/mol. The van der Waals surface area contributed by atoms with Crippen molar-refractivity contribution in [3.8, 4) is 5.75 Å². The van der Waals surface area contributed by atoms with Crippen molar-refractivity contribution in [1.29, 1.82) is 0 Å². The highest BCUT2D eigenvalue weighted by molar-refractivity contribution is 5.27. The average molecular weight is 207 g/mol. The van der Waals surface area contributed by atoms with E-state index in [9.17, 15) is 0 Å². The minimum absolute atomic E-state index is 0.451. The second kappa shape index (κ2) is 5.14. The summed E-state index contributed by atoms with van der Waals surface area (Å²) in [6.45, 7) is 2.60. The van der Waals surface area contributed by atoms with Crippen LogP contribution in [0.2, 0.25) is 0 Å². The average Bonchev–Trinajstić information content (AvgIpc) is 2.31. The normalized spacial score (nSPS) is 21.3. The van der Waals surface area contributed by atoms with Gasteiger partial charge in [0.05, 0.1) is 20.3 Å². The van der Waals surface area contributed by atoms with E-state index >= 15 is 0 Å². The molecule has 1 aliphatic rings. The highest BCUT2D eigenvalue weighted by atomic mass is 16.5. The van der Waals surface area contributed by atoms with Gasteiger partial charge in [0.25, 0.3) is 0 Å². The van der Waals surface area contributed by atoms with Gasteiger partial charge in [0.2, 0.25) is 0 Å². The van der Waals surface area contributed by atoms with Crippen LogP contribution >= 0.6 is 0 Å². The summed E-state index contributed by atoms with van der Waals surface area (Å²) in [7, 11) is 1.69. The summed E-state index contributed by atoms with van der Waals surface area (Å²) in [4.78, 5) is 0. The first-order chi connectivity index (χ1) is 7.38. The van der Waals surface area contributed by atoms with Crippen LogP contribution in [0, 0.1) is 0 Å². The number of nitrogens with one attached hydrogen (secondary N) is 1. The van der Waals surface area contributed by atoms with Gasteiger partial charge in [0.15, 0.2) is 0 Å². The Bertz CT molecular complexity index is 291. The van der Waals surface area contributed by atoms with Crippen molar-refractivity contribution in [3.05, 3.63) is 29.8 Å². The van der Waals surface area contributed by atoms with Gasteiger partial charge in [-0.15, -0.1) is 0 Å². The first-order valence-electron chi connectivity index (χ1n) is 5.32. The molecule has 1 aliphatic heterocycles. The van der Waals surface area contributed by atoms with Crippen molar-refractivity contribution < 1.29 is 9.47 Å². The van der Waals surface area contributed by atoms with E-state index in [4.69, 9.17) is 9.47 Å². The maximum atomic E-state index is 5.41. The van der Waals surface area contributed by atoms with Gasteiger partial charge in [-0.1, -0.05) is 12.1 Å². The topological polar surface area (TPSA) is 30.5 Å². The third-order valence-corrected chi connectivity index (χ3v) is 2.64. The Morgan fingerprint density at radius 1 is 1.40 bits per heavy atom. The Labute approximate surface area is 90.4 Å². The second-order valence-electron chi connectivity index (χ2n) is 3.78. The first-order valence-corrected chi connectivity index (χ1v) is 5.32. The molecule has 1 aromatic carbocycles. The van der Waals surface area contributed by atoms with Gasteiger partial charge in [-0.25, -0.2) is 0 Å². The fourth-order valence-corrected chi connectivity index (χ4v) is 1.80. The maximum Gasteiger partial charge on any atom is 0.118 e. The van der Waals surface area contributed by atoms with E-state index in [1.165, 1.54) is 5.56 Å². The lowest BCUT2D eigenvalue weighted by molar-refractivity contribution is 0.0770. The van der Waals surface area contributed by atoms with E-state index in [-0.39, 0.29) is 0 Å². The summed E-state index contributed by atoms with van der Waals surface area (Å²) in [6, 6.07) is 8.66. The van der Waals surface area contributed by atoms with Crippen LogP contribution in [0.15, 0.2) is 24.3 Å². The number of rotatable bonds is 3. The highest BCUT2D eigenvalue weighted by Gasteiger charge is 2.12. The molecule has 1 unspecified atom stereocenters. The van der Waals surface area contributed by atoms with Crippen LogP contribution < -0.4 is 10.1 Å². The fourth-order valence-electron chi connectivity index (χ4n) is 1.80. The van der Waals surface area contributed by atoms with E-state index in [2.05, 4.69) is 17.4 Å². The number of ether oxygens (including phenoxy) is 2. The predicted octanol–water partition coefficient (Wildman–Crippen LogP) is 1.23. The van der Waals surface area contributed by atoms with Gasteiger partial charge in [-0.2, -0.15) is 0 Å². The largest absolute Gasteiger partial charge is 0.497 e. The molecule has 3 nitrogen and oxygen atoms in total. The van der Waals surface area contributed by atoms with Crippen LogP contribution in [0.3, 0.4) is 0 Å². The summed E-state index contributed by atoms with van der Waals surface area (Å²) in [5, 5.41) is 3.44. The molecule has 0 amide bonds. The van der Waals surface area contributed by atoms with E-state index in [0.717, 1.165) is 31.9 Å². The van der Waals surface area contributed by atoms with Crippen LogP contribution in [0.4, 0.5) is 0 Å². The molecule has 0 aromatic heterocycles. The molecule has 15 heavy (non-hydrogen) atoms. The number of hydrogen-bond acceptors (Lipinski definition) is 3. The number of hydrogen-bond donors (Lipinski definition) is 1. The zero-order chi connectivity index (χ0) is 10.5. The van der Waals surface area contributed by atoms with E-state index in [1.54, 1.807) is 7.11 Å². The quantitative estimate of drug-likeness (QED) is 0.808. The molecule has 0 saturated carbocycles. The minimum atomic E-state index is 0.451. The Morgan fingerprint density at radius 3 is 2.80 bits per heavy atom. The van der Waals surface area contributed by atoms with Crippen LogP contribution in [-0.4, -0.2) is 32.9 Å². The minimum Gasteiger partial charge on any atom is -0.497 e. The van der Waals surface area contributed by atoms with Crippen molar-refractivity contribution in [2.75, 3.05) is 26.9 Å². The molecule has 0 radical (unpaired) electrons. The molecule has 1 aromatic rings. The Morgan fingerprint density at radius 2 is 2.20 bits per heavy atom. The van der Waals surface area contributed by atoms with E-state index < -0.39 is 0 Å². The Balaban J connectivity index is 1.91. The van der Waals surface area contributed by atoms with Gasteiger partial charge in [0.1, 0.15) is 5.75 Å². The summed E-state index contributed by atoms with van der Waals surface area (Å²) < 4.78 is 10.5. The van der Waals surface area contributed by atoms with Crippen LogP contribution in [0.25, 0.3) is 0 Å². The van der Waals surface area contributed by atoms with Crippen LogP contribution in [0.1, 0.15) is 5.56 Å². The molecule has 0 bridgehead atoms. The van der Waals surface area contributed by atoms with Gasteiger partial charge in [-0.05, 0) is 24.1 Å². The Hall–Kier alpha value is -1.06. The first kappa shape index (κ1) is 10.5. The molecule has 1 N–H and O–H groups in total. The number of methoxy groups -OCH3 is 1. The van der Waals surface area contributed by atoms with Gasteiger partial charge < -0.3 is 14.8 Å². The third kappa shape index (κ3) is 2.94. The molecule has 0 spiro atoms. The van der Waals surface area contributed by atoms with Crippen molar-refractivity contribution in [3.63, 3.8) is 0 Å². The monoisotopic (exact) mass is 207 g/mol. The molecule has 1 saturated heterocycles.